The van der Waals surface area contributed by atoms with Gasteiger partial charge in [-0.3, -0.25) is 4.79 Å². The van der Waals surface area contributed by atoms with Crippen molar-refractivity contribution in [1.82, 2.24) is 29.3 Å². The van der Waals surface area contributed by atoms with Crippen LogP contribution in [0.3, 0.4) is 0 Å². The second kappa shape index (κ2) is 8.80. The van der Waals surface area contributed by atoms with Crippen molar-refractivity contribution in [3.8, 4) is 5.75 Å². The van der Waals surface area contributed by atoms with E-state index in [1.165, 1.54) is 4.90 Å². The van der Waals surface area contributed by atoms with Crippen LogP contribution in [0.4, 0.5) is 4.79 Å². The normalized spacial score (nSPS) is 16.7. The number of H-pyrrole nitrogens is 1. The average molecular weight is 650 g/mol. The second-order valence-corrected chi connectivity index (χ2v) is 9.26. The number of piperazine rings is 1. The summed E-state index contributed by atoms with van der Waals surface area (Å²) in [6, 6.07) is 5.07. The van der Waals surface area contributed by atoms with Gasteiger partial charge in [-0.05, 0) is 64.2 Å². The van der Waals surface area contributed by atoms with Gasteiger partial charge in [-0.25, -0.2) is 14.8 Å². The van der Waals surface area contributed by atoms with Crippen LogP contribution in [0.2, 0.25) is 0 Å². The van der Waals surface area contributed by atoms with E-state index in [0.717, 1.165) is 24.3 Å². The fourth-order valence-corrected chi connectivity index (χ4v) is 4.56. The molecule has 31 heavy (non-hydrogen) atoms. The van der Waals surface area contributed by atoms with Crippen molar-refractivity contribution in [3.63, 3.8) is 0 Å². The summed E-state index contributed by atoms with van der Waals surface area (Å²) in [7, 11) is 1.60. The Hall–Kier alpha value is -2.10. The Kier molecular flexibility index (Phi) is 6.27. The van der Waals surface area contributed by atoms with Gasteiger partial charge in [0.2, 0.25) is 5.91 Å². The number of carbonyl (C=O) groups excluding carboxylic acids is 1. The van der Waals surface area contributed by atoms with Crippen molar-refractivity contribution < 1.29 is 19.4 Å². The van der Waals surface area contributed by atoms with Gasteiger partial charge in [-0.15, -0.1) is 0 Å². The lowest BCUT2D eigenvalue weighted by Crippen LogP contribution is -2.53. The second-order valence-electron chi connectivity index (χ2n) is 7.16. The molecule has 3 aromatic rings. The van der Waals surface area contributed by atoms with E-state index >= 15 is 0 Å². The highest BCUT2D eigenvalue weighted by atomic mass is 127. The number of imidazole rings is 2. The lowest BCUT2D eigenvalue weighted by atomic mass is 10.1. The van der Waals surface area contributed by atoms with Crippen LogP contribution in [-0.4, -0.2) is 73.2 Å². The SMILES string of the molecule is COc1ccc2nc(C)n(CC(=O)N3CCN(C(=O)O)CC3c3nc(I)c(I)[nH]3)c2c1. The molecule has 0 radical (unpaired) electrons. The van der Waals surface area contributed by atoms with E-state index in [1.54, 1.807) is 12.0 Å². The Bertz CT molecular complexity index is 1140. The van der Waals surface area contributed by atoms with Crippen molar-refractivity contribution in [2.45, 2.75) is 19.5 Å². The number of hydrogen-bond acceptors (Lipinski definition) is 5. The number of nitrogens with zero attached hydrogens (tertiary/aromatic N) is 5. The standard InChI is InChI=1S/C19H20I2N6O4/c1-10-22-12-4-3-11(31-2)7-13(12)27(10)9-15(28)26-6-5-25(19(29)30)8-14(26)18-23-16(20)17(21)24-18/h3-4,7,14H,5-6,8-9H2,1-2H3,(H,23,24)(H,29,30). The summed E-state index contributed by atoms with van der Waals surface area (Å²) in [5.41, 5.74) is 1.60. The van der Waals surface area contributed by atoms with E-state index < -0.39 is 12.1 Å². The third kappa shape index (κ3) is 4.31. The molecular formula is C19H20I2N6O4. The lowest BCUT2D eigenvalue weighted by Gasteiger charge is -2.39. The minimum atomic E-state index is -1.00. The molecule has 1 fully saturated rings. The van der Waals surface area contributed by atoms with Crippen LogP contribution in [0.25, 0.3) is 11.0 Å². The molecule has 12 heteroatoms. The van der Waals surface area contributed by atoms with Gasteiger partial charge in [0.25, 0.3) is 0 Å². The highest BCUT2D eigenvalue weighted by molar-refractivity contribution is 14.1. The number of carbonyl (C=O) groups is 2. The Morgan fingerprint density at radius 3 is 2.71 bits per heavy atom. The number of hydrogen-bond donors (Lipinski definition) is 2. The molecule has 0 saturated carbocycles. The molecule has 2 aromatic heterocycles. The van der Waals surface area contributed by atoms with E-state index in [-0.39, 0.29) is 25.5 Å². The zero-order chi connectivity index (χ0) is 22.3. The van der Waals surface area contributed by atoms with Crippen LogP contribution in [0.15, 0.2) is 18.2 Å². The van der Waals surface area contributed by atoms with Crippen LogP contribution in [0.1, 0.15) is 17.7 Å². The average Bonchev–Trinajstić information content (AvgIpc) is 3.25. The van der Waals surface area contributed by atoms with Crippen molar-refractivity contribution in [2.75, 3.05) is 26.7 Å². The number of nitrogens with one attached hydrogen (secondary N) is 1. The van der Waals surface area contributed by atoms with Gasteiger partial charge in [0.1, 0.15) is 37.4 Å². The van der Waals surface area contributed by atoms with E-state index in [0.29, 0.717) is 18.1 Å². The van der Waals surface area contributed by atoms with Gasteiger partial charge >= 0.3 is 6.09 Å². The number of amides is 2. The van der Waals surface area contributed by atoms with Gasteiger partial charge in [0.15, 0.2) is 0 Å². The van der Waals surface area contributed by atoms with Gasteiger partial charge in [0, 0.05) is 19.2 Å². The van der Waals surface area contributed by atoms with Crippen molar-refractivity contribution in [2.24, 2.45) is 0 Å². The maximum atomic E-state index is 13.4. The summed E-state index contributed by atoms with van der Waals surface area (Å²) >= 11 is 4.25. The van der Waals surface area contributed by atoms with E-state index in [9.17, 15) is 14.7 Å². The molecule has 2 amide bonds. The molecule has 0 spiro atoms. The zero-order valence-electron chi connectivity index (χ0n) is 16.8. The molecule has 164 valence electrons. The van der Waals surface area contributed by atoms with Gasteiger partial charge in [-0.2, -0.15) is 0 Å². The number of fused-ring (bicyclic) bond motifs is 1. The number of ether oxygens (including phenoxy) is 1. The van der Waals surface area contributed by atoms with Crippen molar-refractivity contribution in [3.05, 3.63) is 37.2 Å². The summed E-state index contributed by atoms with van der Waals surface area (Å²) in [5.74, 6) is 1.87. The van der Waals surface area contributed by atoms with Crippen molar-refractivity contribution >= 4 is 68.2 Å². The number of aryl methyl sites for hydroxylation is 1. The summed E-state index contributed by atoms with van der Waals surface area (Å²) in [6.07, 6.45) is -1.00. The largest absolute Gasteiger partial charge is 0.497 e. The molecule has 10 nitrogen and oxygen atoms in total. The van der Waals surface area contributed by atoms with Gasteiger partial charge in [-0.1, -0.05) is 0 Å². The predicted molar refractivity (Wildman–Crippen MR) is 129 cm³/mol. The van der Waals surface area contributed by atoms with Crippen LogP contribution in [0.5, 0.6) is 5.75 Å². The van der Waals surface area contributed by atoms with E-state index in [1.807, 2.05) is 29.7 Å². The fraction of sp³-hybridized carbons (Fsp3) is 0.368. The number of rotatable bonds is 4. The molecule has 1 atom stereocenters. The molecule has 4 rings (SSSR count). The fourth-order valence-electron chi connectivity index (χ4n) is 3.77. The number of carboxylic acid groups (broad SMARTS) is 1. The molecule has 1 aliphatic rings. The third-order valence-corrected chi connectivity index (χ3v) is 7.96. The lowest BCUT2D eigenvalue weighted by molar-refractivity contribution is -0.137. The Labute approximate surface area is 205 Å². The van der Waals surface area contributed by atoms with E-state index in [2.05, 4.69) is 60.1 Å². The molecule has 1 saturated heterocycles. The Morgan fingerprint density at radius 1 is 1.29 bits per heavy atom. The minimum absolute atomic E-state index is 0.0912. The summed E-state index contributed by atoms with van der Waals surface area (Å²) in [4.78, 5) is 40.2. The van der Waals surface area contributed by atoms with Crippen LogP contribution >= 0.6 is 45.2 Å². The van der Waals surface area contributed by atoms with Crippen LogP contribution in [0, 0.1) is 14.3 Å². The number of methoxy groups -OCH3 is 1. The maximum Gasteiger partial charge on any atom is 0.407 e. The first-order chi connectivity index (χ1) is 14.8. The first-order valence-corrected chi connectivity index (χ1v) is 11.6. The number of benzene rings is 1. The molecule has 1 aromatic carbocycles. The number of aromatic amines is 1. The van der Waals surface area contributed by atoms with Crippen molar-refractivity contribution in [1.29, 1.82) is 0 Å². The summed E-state index contributed by atoms with van der Waals surface area (Å²) in [5, 5.41) is 9.46. The highest BCUT2D eigenvalue weighted by Gasteiger charge is 2.36. The molecule has 2 N–H and O–H groups in total. The number of halogens is 2. The summed E-state index contributed by atoms with van der Waals surface area (Å²) in [6.45, 7) is 2.66. The minimum Gasteiger partial charge on any atom is -0.497 e. The number of aromatic nitrogens is 4. The third-order valence-electron chi connectivity index (χ3n) is 5.36. The summed E-state index contributed by atoms with van der Waals surface area (Å²) < 4.78 is 8.82. The zero-order valence-corrected chi connectivity index (χ0v) is 21.1. The molecule has 0 bridgehead atoms. The smallest absolute Gasteiger partial charge is 0.407 e. The maximum absolute atomic E-state index is 13.4. The van der Waals surface area contributed by atoms with E-state index in [4.69, 9.17) is 4.74 Å². The molecule has 1 aliphatic heterocycles. The first-order valence-electron chi connectivity index (χ1n) is 9.47. The Balaban J connectivity index is 1.65. The predicted octanol–water partition coefficient (Wildman–Crippen LogP) is 2.85. The van der Waals surface area contributed by atoms with Gasteiger partial charge < -0.3 is 29.2 Å². The molecule has 1 unspecified atom stereocenters. The van der Waals surface area contributed by atoms with Gasteiger partial charge in [0.05, 0.1) is 24.7 Å². The molecule has 0 aliphatic carbocycles. The Morgan fingerprint density at radius 2 is 2.06 bits per heavy atom. The van der Waals surface area contributed by atoms with Crippen LogP contribution < -0.4 is 4.74 Å². The molecular weight excluding hydrogens is 630 g/mol. The monoisotopic (exact) mass is 650 g/mol. The first kappa shape index (κ1) is 22.1. The topological polar surface area (TPSA) is 117 Å². The molecule has 3 heterocycles. The quantitative estimate of drug-likeness (QED) is 0.420. The van der Waals surface area contributed by atoms with Crippen LogP contribution in [-0.2, 0) is 11.3 Å². The highest BCUT2D eigenvalue weighted by Crippen LogP contribution is 2.27.